The first-order valence-electron chi connectivity index (χ1n) is 12.1. The van der Waals surface area contributed by atoms with E-state index in [-0.39, 0.29) is 28.8 Å². The molecule has 2 heterocycles. The largest absolute Gasteiger partial charge is 0.416 e. The van der Waals surface area contributed by atoms with Crippen molar-refractivity contribution in [2.45, 2.75) is 18.8 Å². The number of fused-ring (bicyclic) bond motifs is 1. The lowest BCUT2D eigenvalue weighted by atomic mass is 9.99. The summed E-state index contributed by atoms with van der Waals surface area (Å²) >= 11 is 0. The molecule has 1 N–H and O–H groups in total. The molecule has 0 bridgehead atoms. The van der Waals surface area contributed by atoms with E-state index in [2.05, 4.69) is 9.97 Å². The predicted octanol–water partition coefficient (Wildman–Crippen LogP) is 7.37. The van der Waals surface area contributed by atoms with Gasteiger partial charge in [0.15, 0.2) is 0 Å². The molecule has 0 aliphatic heterocycles. The Morgan fingerprint density at radius 2 is 1.55 bits per heavy atom. The summed E-state index contributed by atoms with van der Waals surface area (Å²) in [6.07, 6.45) is -4.53. The van der Waals surface area contributed by atoms with Crippen molar-refractivity contribution >= 4 is 16.8 Å². The molecule has 0 unspecified atom stereocenters. The average Bonchev–Trinajstić information content (AvgIpc) is 3.58. The smallest absolute Gasteiger partial charge is 0.361 e. The highest BCUT2D eigenvalue weighted by atomic mass is 19.4. The summed E-state index contributed by atoms with van der Waals surface area (Å²) in [7, 11) is 1.67. The van der Waals surface area contributed by atoms with Crippen LogP contribution in [-0.2, 0) is 18.8 Å². The van der Waals surface area contributed by atoms with E-state index in [0.29, 0.717) is 30.8 Å². The van der Waals surface area contributed by atoms with Gasteiger partial charge in [-0.05, 0) is 59.5 Å². The minimum absolute atomic E-state index is 0.0935. The van der Waals surface area contributed by atoms with E-state index in [1.54, 1.807) is 11.9 Å². The van der Waals surface area contributed by atoms with Crippen molar-refractivity contribution in [3.8, 4) is 16.8 Å². The molecule has 40 heavy (non-hydrogen) atoms. The number of amides is 1. The van der Waals surface area contributed by atoms with E-state index in [4.69, 9.17) is 0 Å². The minimum Gasteiger partial charge on any atom is -0.361 e. The fourth-order valence-corrected chi connectivity index (χ4v) is 4.52. The summed E-state index contributed by atoms with van der Waals surface area (Å²) in [5.41, 5.74) is -0.0448. The van der Waals surface area contributed by atoms with Crippen LogP contribution in [0.4, 0.5) is 26.3 Å². The van der Waals surface area contributed by atoms with Crippen LogP contribution < -0.4 is 0 Å². The van der Waals surface area contributed by atoms with Crippen LogP contribution in [0.2, 0.25) is 0 Å². The number of aromatic nitrogens is 3. The van der Waals surface area contributed by atoms with Gasteiger partial charge in [-0.3, -0.25) is 9.36 Å². The number of nitrogens with one attached hydrogen (secondary N) is 1. The SMILES string of the molecule is CN(CCc1c[nH]c2ccccc12)C(=O)c1cncn1-c1ccc(-c2cc(C(F)(F)F)cc(C(F)(F)F)c2)cc1. The number of alkyl halides is 6. The number of likely N-dealkylation sites (N-methyl/N-ethyl adjacent to an activating group) is 1. The van der Waals surface area contributed by atoms with Gasteiger partial charge in [0.1, 0.15) is 5.69 Å². The third-order valence-corrected chi connectivity index (χ3v) is 6.66. The Morgan fingerprint density at radius 1 is 0.900 bits per heavy atom. The van der Waals surface area contributed by atoms with Crippen LogP contribution in [0, 0.1) is 0 Å². The van der Waals surface area contributed by atoms with E-state index in [0.717, 1.165) is 16.5 Å². The van der Waals surface area contributed by atoms with Gasteiger partial charge >= 0.3 is 12.4 Å². The lowest BCUT2D eigenvalue weighted by Gasteiger charge is -2.18. The molecule has 5 rings (SSSR count). The van der Waals surface area contributed by atoms with Crippen molar-refractivity contribution in [3.05, 3.63) is 108 Å². The van der Waals surface area contributed by atoms with Crippen LogP contribution in [-0.4, -0.2) is 38.9 Å². The fourth-order valence-electron chi connectivity index (χ4n) is 4.52. The van der Waals surface area contributed by atoms with Gasteiger partial charge in [-0.2, -0.15) is 26.3 Å². The third-order valence-electron chi connectivity index (χ3n) is 6.66. The molecule has 0 aliphatic rings. The number of rotatable bonds is 6. The number of imidazole rings is 1. The Labute approximate surface area is 224 Å². The second-order valence-corrected chi connectivity index (χ2v) is 9.33. The molecule has 0 saturated heterocycles. The normalized spacial score (nSPS) is 12.2. The first-order chi connectivity index (χ1) is 18.9. The number of nitrogens with zero attached hydrogens (tertiary/aromatic N) is 3. The number of carbonyl (C=O) groups excluding carboxylic acids is 1. The Hall–Kier alpha value is -4.54. The highest BCUT2D eigenvalue weighted by molar-refractivity contribution is 5.93. The molecule has 5 nitrogen and oxygen atoms in total. The quantitative estimate of drug-likeness (QED) is 0.222. The Kier molecular flexibility index (Phi) is 6.91. The van der Waals surface area contributed by atoms with Gasteiger partial charge in [0, 0.05) is 36.4 Å². The van der Waals surface area contributed by atoms with Crippen molar-refractivity contribution in [2.24, 2.45) is 0 Å². The van der Waals surface area contributed by atoms with Gasteiger partial charge in [0.25, 0.3) is 5.91 Å². The summed E-state index contributed by atoms with van der Waals surface area (Å²) in [6, 6.07) is 15.1. The fraction of sp³-hybridized carbons (Fsp3) is 0.172. The molecule has 0 fully saturated rings. The van der Waals surface area contributed by atoms with E-state index in [9.17, 15) is 31.1 Å². The van der Waals surface area contributed by atoms with E-state index < -0.39 is 23.5 Å². The van der Waals surface area contributed by atoms with E-state index in [1.807, 2.05) is 30.5 Å². The van der Waals surface area contributed by atoms with Gasteiger partial charge in [-0.25, -0.2) is 4.98 Å². The van der Waals surface area contributed by atoms with Crippen molar-refractivity contribution in [3.63, 3.8) is 0 Å². The number of halogens is 6. The maximum Gasteiger partial charge on any atom is 0.416 e. The van der Waals surface area contributed by atoms with Crippen molar-refractivity contribution in [1.29, 1.82) is 0 Å². The maximum atomic E-state index is 13.3. The molecule has 0 atom stereocenters. The molecule has 5 aromatic rings. The van der Waals surface area contributed by atoms with Crippen LogP contribution in [0.15, 0.2) is 85.5 Å². The van der Waals surface area contributed by atoms with Gasteiger partial charge in [-0.1, -0.05) is 30.3 Å². The lowest BCUT2D eigenvalue weighted by Crippen LogP contribution is -2.30. The summed E-state index contributed by atoms with van der Waals surface area (Å²) in [5.74, 6) is -0.297. The minimum atomic E-state index is -4.94. The first-order valence-corrected chi connectivity index (χ1v) is 12.1. The maximum absolute atomic E-state index is 13.3. The molecule has 0 saturated carbocycles. The topological polar surface area (TPSA) is 53.9 Å². The third kappa shape index (κ3) is 5.45. The van der Waals surface area contributed by atoms with E-state index in [1.165, 1.54) is 41.4 Å². The number of benzene rings is 3. The standard InChI is InChI=1S/C29H22F6N4O/c1-38(11-10-19-15-37-25-5-3-2-4-24(19)25)27(40)26-16-36-17-39(26)23-8-6-18(7-9-23)20-12-21(28(30,31)32)14-22(13-20)29(33,34)35/h2-9,12-17,37H,10-11H2,1H3. The van der Waals surface area contributed by atoms with Crippen LogP contribution >= 0.6 is 0 Å². The molecule has 0 radical (unpaired) electrons. The molecule has 11 heteroatoms. The Morgan fingerprint density at radius 3 is 2.20 bits per heavy atom. The second kappa shape index (κ2) is 10.2. The summed E-state index contributed by atoms with van der Waals surface area (Å²) in [4.78, 5) is 22.1. The number of H-pyrrole nitrogens is 1. The Bertz CT molecular complexity index is 1630. The zero-order valence-corrected chi connectivity index (χ0v) is 21.0. The highest BCUT2D eigenvalue weighted by Gasteiger charge is 2.37. The monoisotopic (exact) mass is 556 g/mol. The molecule has 206 valence electrons. The number of para-hydroxylation sites is 1. The summed E-state index contributed by atoms with van der Waals surface area (Å²) < 4.78 is 81.2. The van der Waals surface area contributed by atoms with Crippen molar-refractivity contribution in [2.75, 3.05) is 13.6 Å². The molecular weight excluding hydrogens is 534 g/mol. The summed E-state index contributed by atoms with van der Waals surface area (Å²) in [5, 5.41) is 1.08. The van der Waals surface area contributed by atoms with Gasteiger partial charge in [0.05, 0.1) is 23.7 Å². The average molecular weight is 557 g/mol. The van der Waals surface area contributed by atoms with Gasteiger partial charge in [0.2, 0.25) is 0 Å². The van der Waals surface area contributed by atoms with Crippen LogP contribution in [0.3, 0.4) is 0 Å². The highest BCUT2D eigenvalue weighted by Crippen LogP contribution is 2.38. The van der Waals surface area contributed by atoms with Crippen LogP contribution in [0.25, 0.3) is 27.7 Å². The number of aromatic amines is 1. The van der Waals surface area contributed by atoms with Crippen LogP contribution in [0.1, 0.15) is 27.2 Å². The van der Waals surface area contributed by atoms with Gasteiger partial charge < -0.3 is 9.88 Å². The molecule has 0 spiro atoms. The molecule has 1 amide bonds. The number of carbonyl (C=O) groups is 1. The predicted molar refractivity (Wildman–Crippen MR) is 138 cm³/mol. The summed E-state index contributed by atoms with van der Waals surface area (Å²) in [6.45, 7) is 0.432. The number of hydrogen-bond donors (Lipinski definition) is 1. The molecule has 2 aromatic heterocycles. The number of hydrogen-bond acceptors (Lipinski definition) is 2. The zero-order chi connectivity index (χ0) is 28.7. The first kappa shape index (κ1) is 27.0. The lowest BCUT2D eigenvalue weighted by molar-refractivity contribution is -0.143. The molecule has 3 aromatic carbocycles. The zero-order valence-electron chi connectivity index (χ0n) is 21.0. The van der Waals surface area contributed by atoms with Crippen LogP contribution in [0.5, 0.6) is 0 Å². The van der Waals surface area contributed by atoms with Crippen molar-refractivity contribution in [1.82, 2.24) is 19.4 Å². The van der Waals surface area contributed by atoms with E-state index >= 15 is 0 Å². The molecular formula is C29H22F6N4O. The second-order valence-electron chi connectivity index (χ2n) is 9.33. The Balaban J connectivity index is 1.36. The van der Waals surface area contributed by atoms with Gasteiger partial charge in [-0.15, -0.1) is 0 Å². The molecule has 0 aliphatic carbocycles. The van der Waals surface area contributed by atoms with Crippen molar-refractivity contribution < 1.29 is 31.1 Å².